The Balaban J connectivity index is 0.807. The Morgan fingerprint density at radius 3 is 2.23 bits per heavy atom. The molecule has 1 aromatic heterocycles. The van der Waals surface area contributed by atoms with Gasteiger partial charge < -0.3 is 46.1 Å². The second kappa shape index (κ2) is 25.9. The van der Waals surface area contributed by atoms with E-state index >= 15 is 0 Å². The van der Waals surface area contributed by atoms with Gasteiger partial charge >= 0.3 is 12.1 Å². The van der Waals surface area contributed by atoms with Gasteiger partial charge in [-0.3, -0.25) is 58.2 Å². The molecule has 4 aromatic carbocycles. The molecule has 9 amide bonds. The van der Waals surface area contributed by atoms with Gasteiger partial charge in [-0.05, 0) is 92.1 Å². The van der Waals surface area contributed by atoms with Crippen LogP contribution in [0.15, 0.2) is 110 Å². The van der Waals surface area contributed by atoms with Crippen LogP contribution >= 0.6 is 0 Å². The Hall–Kier alpha value is -9.69. The van der Waals surface area contributed by atoms with Gasteiger partial charge in [0.2, 0.25) is 35.5 Å². The van der Waals surface area contributed by atoms with E-state index in [9.17, 15) is 61.1 Å². The molecular weight excluding hydrogens is 1040 g/mol. The number of rotatable bonds is 23. The summed E-state index contributed by atoms with van der Waals surface area (Å²) < 4.78 is 55.5. The molecule has 2 atom stereocenters. The highest BCUT2D eigenvalue weighted by Crippen LogP contribution is 2.33. The molecule has 0 aliphatic carbocycles. The third-order valence-electron chi connectivity index (χ3n) is 11.8. The lowest BCUT2D eigenvalue weighted by atomic mass is 10.0. The number of carbonyl (C=O) groups excluding carboxylic acids is 10. The summed E-state index contributed by atoms with van der Waals surface area (Å²) >= 11 is 0. The van der Waals surface area contributed by atoms with Crippen LogP contribution in [0.25, 0.3) is 0 Å². The van der Waals surface area contributed by atoms with Crippen molar-refractivity contribution >= 4 is 93.5 Å². The lowest BCUT2D eigenvalue weighted by molar-refractivity contribution is -0.146. The first-order valence-corrected chi connectivity index (χ1v) is 24.1. The van der Waals surface area contributed by atoms with E-state index < -0.39 is 89.6 Å². The van der Waals surface area contributed by atoms with Crippen LogP contribution in [-0.4, -0.2) is 119 Å². The number of aryl methyl sites for hydroxylation is 1. The molecule has 5 aromatic rings. The average Bonchev–Trinajstić information content (AvgIpc) is 3.96. The fourth-order valence-corrected chi connectivity index (χ4v) is 7.91. The summed E-state index contributed by atoms with van der Waals surface area (Å²) in [6, 6.07) is 16.6. The minimum absolute atomic E-state index is 0.00398. The summed E-state index contributed by atoms with van der Waals surface area (Å²) in [5, 5.41) is 18.0. The molecule has 1 unspecified atom stereocenters. The molecule has 23 nitrogen and oxygen atoms in total. The number of hydrogen-bond acceptors (Lipinski definition) is 16. The number of halogens is 3. The van der Waals surface area contributed by atoms with Crippen LogP contribution in [0.4, 0.5) is 47.6 Å². The molecule has 0 saturated carbocycles. The van der Waals surface area contributed by atoms with Crippen LogP contribution in [-0.2, 0) is 49.2 Å². The summed E-state index contributed by atoms with van der Waals surface area (Å²) in [7, 11) is 0. The van der Waals surface area contributed by atoms with Crippen molar-refractivity contribution in [2.45, 2.75) is 50.9 Å². The zero-order chi connectivity index (χ0) is 56.8. The Labute approximate surface area is 447 Å². The van der Waals surface area contributed by atoms with E-state index in [1.807, 2.05) is 0 Å². The molecule has 3 heterocycles. The molecule has 0 radical (unpaired) electrons. The number of nitrogens with one attached hydrogen (secondary N) is 7. The average molecular weight is 1090 g/mol. The number of fused-ring (bicyclic) bond motifs is 1. The minimum atomic E-state index is -4.64. The van der Waals surface area contributed by atoms with Gasteiger partial charge in [-0.15, -0.1) is 0 Å². The molecule has 79 heavy (non-hydrogen) atoms. The molecule has 0 bridgehead atoms. The largest absolute Gasteiger partial charge is 0.463 e. The number of alkyl halides is 3. The standard InChI is InChI=1S/C53H49F3N10O13/c1-3-41(67)64-39(15-18-44(70)79-22-21-77-19-20-78-28-43(69)63-38-12-6-11-36-45(38)51(76)66(50(36)75)40-16-17-42(68)65-49(40)74)48(73)60-32-9-5-10-33(24-32)62-52-57-26-35(27-58-52)61-47(72)37-25-34(14-13-29(37)2)59-46(71)30-7-4-8-31(23-30)53(54,55)56/h3-14,23-27,39-40H,1,15-22,28H2,2H3,(H,59,71)(H,60,73)(H,61,72)(H,63,69)(H,64,67)(H,57,58,62)(H,65,68,74)/t39-,40?/m0/s1. The maximum absolute atomic E-state index is 13.4. The summed E-state index contributed by atoms with van der Waals surface area (Å²) in [4.78, 5) is 136. The molecule has 2 aliphatic rings. The minimum Gasteiger partial charge on any atom is -0.463 e. The predicted octanol–water partition coefficient (Wildman–Crippen LogP) is 5.06. The molecule has 26 heteroatoms. The smallest absolute Gasteiger partial charge is 0.416 e. The van der Waals surface area contributed by atoms with Gasteiger partial charge in [0.05, 0.1) is 60.3 Å². The van der Waals surface area contributed by atoms with Gasteiger partial charge in [-0.2, -0.15) is 13.2 Å². The lowest BCUT2D eigenvalue weighted by Crippen LogP contribution is -2.54. The number of anilines is 6. The normalized spacial score (nSPS) is 14.3. The van der Waals surface area contributed by atoms with Crippen molar-refractivity contribution in [1.29, 1.82) is 0 Å². The maximum Gasteiger partial charge on any atom is 0.416 e. The topological polar surface area (TPSA) is 312 Å². The highest BCUT2D eigenvalue weighted by molar-refractivity contribution is 6.26. The fraction of sp³-hybridized carbons (Fsp3) is 0.245. The van der Waals surface area contributed by atoms with Crippen LogP contribution in [0.5, 0.6) is 0 Å². The van der Waals surface area contributed by atoms with E-state index in [1.54, 1.807) is 37.3 Å². The lowest BCUT2D eigenvalue weighted by Gasteiger charge is -2.27. The van der Waals surface area contributed by atoms with Crippen molar-refractivity contribution in [3.63, 3.8) is 0 Å². The number of imide groups is 2. The summed E-state index contributed by atoms with van der Waals surface area (Å²) in [6.07, 6.45) is -1.55. The van der Waals surface area contributed by atoms with Crippen molar-refractivity contribution in [3.8, 4) is 0 Å². The van der Waals surface area contributed by atoms with Crippen molar-refractivity contribution in [1.82, 2.24) is 25.5 Å². The van der Waals surface area contributed by atoms with Crippen molar-refractivity contribution in [2.24, 2.45) is 0 Å². The van der Waals surface area contributed by atoms with E-state index in [0.717, 1.165) is 29.2 Å². The Kier molecular flexibility index (Phi) is 18.7. The SMILES string of the molecule is C=CC(=O)N[C@@H](CCC(=O)OCCOCCOCC(=O)Nc1cccc2c1C(=O)N(C1CCC(=O)NC1=O)C2=O)C(=O)Nc1cccc(Nc2ncc(NC(=O)c3cc(NC(=O)c4cccc(C(F)(F)F)c4)ccc3C)cn2)c1. The second-order valence-electron chi connectivity index (χ2n) is 17.4. The third kappa shape index (κ3) is 15.3. The number of ether oxygens (including phenoxy) is 3. The molecule has 1 saturated heterocycles. The number of aromatic nitrogens is 2. The zero-order valence-electron chi connectivity index (χ0n) is 41.8. The van der Waals surface area contributed by atoms with E-state index in [2.05, 4.69) is 53.8 Å². The first-order chi connectivity index (χ1) is 37.8. The first kappa shape index (κ1) is 57.0. The fourth-order valence-electron chi connectivity index (χ4n) is 7.91. The van der Waals surface area contributed by atoms with Crippen molar-refractivity contribution in [2.75, 3.05) is 59.6 Å². The number of nitrogens with zero attached hydrogens (tertiary/aromatic N) is 3. The molecule has 410 valence electrons. The highest BCUT2D eigenvalue weighted by atomic mass is 19.4. The summed E-state index contributed by atoms with van der Waals surface area (Å²) in [5.74, 6) is -6.78. The summed E-state index contributed by atoms with van der Waals surface area (Å²) in [5.41, 5.74) is 0.489. The molecule has 0 spiro atoms. The van der Waals surface area contributed by atoms with Crippen molar-refractivity contribution < 1.29 is 75.3 Å². The van der Waals surface area contributed by atoms with Gasteiger partial charge in [0.15, 0.2) is 0 Å². The maximum atomic E-state index is 13.4. The number of benzene rings is 4. The molecule has 7 N–H and O–H groups in total. The Morgan fingerprint density at radius 1 is 0.785 bits per heavy atom. The van der Waals surface area contributed by atoms with E-state index in [0.29, 0.717) is 16.9 Å². The molecule has 2 aliphatic heterocycles. The van der Waals surface area contributed by atoms with Gasteiger partial charge in [0.1, 0.15) is 25.3 Å². The third-order valence-corrected chi connectivity index (χ3v) is 11.8. The van der Waals surface area contributed by atoms with Crippen LogP contribution in [0.3, 0.4) is 0 Å². The molecule has 1 fully saturated rings. The van der Waals surface area contributed by atoms with Crippen LogP contribution in [0, 0.1) is 6.92 Å². The number of esters is 1. The zero-order valence-corrected chi connectivity index (χ0v) is 41.8. The van der Waals surface area contributed by atoms with Gasteiger partial charge in [-0.25, -0.2) is 9.97 Å². The first-order valence-electron chi connectivity index (χ1n) is 24.1. The number of hydrogen-bond donors (Lipinski definition) is 7. The Bertz CT molecular complexity index is 3230. The van der Waals surface area contributed by atoms with Crippen LogP contribution < -0.4 is 37.2 Å². The Morgan fingerprint density at radius 2 is 1.48 bits per heavy atom. The molecular formula is C53H49F3N10O13. The van der Waals surface area contributed by atoms with Crippen LogP contribution in [0.1, 0.15) is 78.2 Å². The van der Waals surface area contributed by atoms with E-state index in [4.69, 9.17) is 14.2 Å². The number of amides is 9. The second-order valence-corrected chi connectivity index (χ2v) is 17.4. The van der Waals surface area contributed by atoms with Gasteiger partial charge in [0.25, 0.3) is 23.6 Å². The molecule has 7 rings (SSSR count). The number of piperidine rings is 1. The van der Waals surface area contributed by atoms with Gasteiger partial charge in [-0.1, -0.05) is 30.8 Å². The summed E-state index contributed by atoms with van der Waals surface area (Å²) in [6.45, 7) is 4.33. The van der Waals surface area contributed by atoms with Gasteiger partial charge in [0, 0.05) is 41.0 Å². The number of carbonyl (C=O) groups is 10. The van der Waals surface area contributed by atoms with Crippen molar-refractivity contribution in [3.05, 3.63) is 143 Å². The monoisotopic (exact) mass is 1090 g/mol. The van der Waals surface area contributed by atoms with Crippen LogP contribution in [0.2, 0.25) is 0 Å². The van der Waals surface area contributed by atoms with E-state index in [-0.39, 0.29) is 97.4 Å². The quantitative estimate of drug-likeness (QED) is 0.0195. The van der Waals surface area contributed by atoms with E-state index in [1.165, 1.54) is 48.8 Å². The highest BCUT2D eigenvalue weighted by Gasteiger charge is 2.46. The predicted molar refractivity (Wildman–Crippen MR) is 275 cm³/mol.